The first kappa shape index (κ1) is 11.9. The third-order valence-electron chi connectivity index (χ3n) is 1.16. The Kier molecular flexibility index (Phi) is 5.92. The summed E-state index contributed by atoms with van der Waals surface area (Å²) in [5.41, 5.74) is 0.910. The summed E-state index contributed by atoms with van der Waals surface area (Å²) in [6.45, 7) is 0. The number of rotatable bonds is 1. The van der Waals surface area contributed by atoms with Crippen LogP contribution in [0, 0.1) is 0 Å². The third kappa shape index (κ3) is 3.39. The van der Waals surface area contributed by atoms with Crippen molar-refractivity contribution in [1.29, 1.82) is 0 Å². The lowest BCUT2D eigenvalue weighted by atomic mass is 10.2. The predicted molar refractivity (Wildman–Crippen MR) is 54.6 cm³/mol. The molecule has 0 aliphatic rings. The minimum Gasteiger partial charge on any atom is -0.121 e. The van der Waals surface area contributed by atoms with Crippen LogP contribution in [0.4, 0.5) is 0 Å². The minimum atomic E-state index is 0. The molecule has 11 heavy (non-hydrogen) atoms. The maximum absolute atomic E-state index is 5.76. The molecule has 0 aliphatic carbocycles. The van der Waals surface area contributed by atoms with E-state index in [4.69, 9.17) is 34.8 Å². The lowest BCUT2D eigenvalue weighted by molar-refractivity contribution is 1.40. The Hall–Kier alpha value is 0.856. The lowest BCUT2D eigenvalue weighted by Crippen LogP contribution is -1.77. The maximum atomic E-state index is 5.76. The van der Waals surface area contributed by atoms with Crippen LogP contribution in [0.2, 0.25) is 10.0 Å². The van der Waals surface area contributed by atoms with E-state index in [1.54, 1.807) is 12.1 Å². The zero-order valence-electron chi connectivity index (χ0n) is 5.07. The highest BCUT2D eigenvalue weighted by Crippen LogP contribution is 2.21. The average molecular weight is 222 g/mol. The summed E-state index contributed by atoms with van der Waals surface area (Å²) in [5, 5.41) is 1.27. The number of halogens is 3. The normalized spacial score (nSPS) is 9.00. The van der Waals surface area contributed by atoms with E-state index in [1.807, 2.05) is 6.07 Å². The van der Waals surface area contributed by atoms with Crippen molar-refractivity contribution in [2.24, 2.45) is 0 Å². The average Bonchev–Trinajstić information content (AvgIpc) is 1.88. The summed E-state index contributed by atoms with van der Waals surface area (Å²) in [7, 11) is 0. The Labute approximate surface area is 97.0 Å². The molecule has 0 aliphatic heterocycles. The molecule has 0 amide bonds. The van der Waals surface area contributed by atoms with E-state index in [1.165, 1.54) is 0 Å². The standard InChI is InChI=1S/C7H5Cl3.Mg.2H/c8-4-5-1-2-6(9)3-7(5)10;;;/h1-3H,4H2;;;. The first-order valence-corrected chi connectivity index (χ1v) is 4.03. The van der Waals surface area contributed by atoms with Crippen LogP contribution < -0.4 is 0 Å². The molecule has 58 valence electrons. The number of hydrogen-bond acceptors (Lipinski definition) is 0. The fraction of sp³-hybridized carbons (Fsp3) is 0.143. The van der Waals surface area contributed by atoms with E-state index >= 15 is 0 Å². The summed E-state index contributed by atoms with van der Waals surface area (Å²) >= 11 is 17.0. The molecular weight excluding hydrogens is 215 g/mol. The molecule has 0 bridgehead atoms. The van der Waals surface area contributed by atoms with Crippen molar-refractivity contribution in [2.75, 3.05) is 0 Å². The van der Waals surface area contributed by atoms with Gasteiger partial charge in [-0.15, -0.1) is 11.6 Å². The zero-order valence-corrected chi connectivity index (χ0v) is 7.34. The van der Waals surface area contributed by atoms with Gasteiger partial charge in [-0.05, 0) is 17.7 Å². The van der Waals surface area contributed by atoms with Crippen molar-refractivity contribution >= 4 is 57.9 Å². The second kappa shape index (κ2) is 5.49. The Bertz CT molecular complexity index is 237. The molecule has 0 nitrogen and oxygen atoms in total. The van der Waals surface area contributed by atoms with E-state index in [-0.39, 0.29) is 23.1 Å². The highest BCUT2D eigenvalue weighted by Gasteiger charge is 1.97. The second-order valence-corrected chi connectivity index (χ2v) is 2.98. The van der Waals surface area contributed by atoms with Gasteiger partial charge in [-0.1, -0.05) is 29.3 Å². The van der Waals surface area contributed by atoms with Crippen molar-refractivity contribution in [3.8, 4) is 0 Å². The molecule has 0 atom stereocenters. The van der Waals surface area contributed by atoms with Crippen LogP contribution in [0.3, 0.4) is 0 Å². The van der Waals surface area contributed by atoms with Crippen LogP contribution in [0.5, 0.6) is 0 Å². The van der Waals surface area contributed by atoms with Gasteiger partial charge in [0.15, 0.2) is 0 Å². The van der Waals surface area contributed by atoms with Crippen LogP contribution in [-0.2, 0) is 5.88 Å². The maximum Gasteiger partial charge on any atom is 0.316 e. The first-order chi connectivity index (χ1) is 4.74. The van der Waals surface area contributed by atoms with E-state index in [2.05, 4.69) is 0 Å². The van der Waals surface area contributed by atoms with E-state index in [0.717, 1.165) is 5.56 Å². The summed E-state index contributed by atoms with van der Waals surface area (Å²) in [5.74, 6) is 0.427. The Balaban J connectivity index is 0.000001000. The second-order valence-electron chi connectivity index (χ2n) is 1.87. The van der Waals surface area contributed by atoms with E-state index in [0.29, 0.717) is 15.9 Å². The van der Waals surface area contributed by atoms with Crippen LogP contribution in [0.25, 0.3) is 0 Å². The third-order valence-corrected chi connectivity index (χ3v) is 2.03. The van der Waals surface area contributed by atoms with Gasteiger partial charge in [0.2, 0.25) is 0 Å². The van der Waals surface area contributed by atoms with Gasteiger partial charge in [-0.3, -0.25) is 0 Å². The molecular formula is C7H7Cl3Mg. The fourth-order valence-electron chi connectivity index (χ4n) is 0.630. The summed E-state index contributed by atoms with van der Waals surface area (Å²) in [4.78, 5) is 0. The molecule has 0 saturated carbocycles. The summed E-state index contributed by atoms with van der Waals surface area (Å²) in [6.07, 6.45) is 0. The van der Waals surface area contributed by atoms with Crippen molar-refractivity contribution in [3.05, 3.63) is 33.8 Å². The molecule has 1 aromatic carbocycles. The number of benzene rings is 1. The molecule has 0 heterocycles. The van der Waals surface area contributed by atoms with Crippen molar-refractivity contribution < 1.29 is 0 Å². The molecule has 0 N–H and O–H groups in total. The van der Waals surface area contributed by atoms with Gasteiger partial charge < -0.3 is 0 Å². The van der Waals surface area contributed by atoms with Crippen molar-refractivity contribution in [3.63, 3.8) is 0 Å². The fourth-order valence-corrected chi connectivity index (χ4v) is 1.41. The van der Waals surface area contributed by atoms with Gasteiger partial charge in [0.05, 0.1) is 0 Å². The SMILES string of the molecule is ClCc1ccc(Cl)cc1Cl.[MgH2]. The topological polar surface area (TPSA) is 0 Å². The zero-order chi connectivity index (χ0) is 7.56. The van der Waals surface area contributed by atoms with Gasteiger partial charge in [0.1, 0.15) is 0 Å². The number of hydrogen-bond donors (Lipinski definition) is 0. The Morgan fingerprint density at radius 1 is 1.18 bits per heavy atom. The predicted octanol–water partition coefficient (Wildman–Crippen LogP) is 2.82. The van der Waals surface area contributed by atoms with Crippen molar-refractivity contribution in [2.45, 2.75) is 5.88 Å². The molecule has 0 fully saturated rings. The molecule has 1 aromatic rings. The molecule has 0 spiro atoms. The van der Waals surface area contributed by atoms with Crippen LogP contribution >= 0.6 is 34.8 Å². The molecule has 1 rings (SSSR count). The Morgan fingerprint density at radius 3 is 2.27 bits per heavy atom. The van der Waals surface area contributed by atoms with Crippen molar-refractivity contribution in [1.82, 2.24) is 0 Å². The molecule has 0 unspecified atom stereocenters. The lowest BCUT2D eigenvalue weighted by Gasteiger charge is -1.97. The largest absolute Gasteiger partial charge is 0.316 e. The molecule has 0 saturated heterocycles. The van der Waals surface area contributed by atoms with Gasteiger partial charge in [-0.2, -0.15) is 0 Å². The van der Waals surface area contributed by atoms with Crippen LogP contribution in [0.1, 0.15) is 5.56 Å². The number of alkyl halides is 1. The van der Waals surface area contributed by atoms with E-state index < -0.39 is 0 Å². The molecule has 0 radical (unpaired) electrons. The van der Waals surface area contributed by atoms with Crippen LogP contribution in [0.15, 0.2) is 18.2 Å². The van der Waals surface area contributed by atoms with Gasteiger partial charge >= 0.3 is 23.1 Å². The van der Waals surface area contributed by atoms with Crippen LogP contribution in [-0.4, -0.2) is 23.1 Å². The van der Waals surface area contributed by atoms with Gasteiger partial charge in [0, 0.05) is 15.9 Å². The monoisotopic (exact) mass is 220 g/mol. The highest BCUT2D eigenvalue weighted by molar-refractivity contribution is 6.35. The summed E-state index contributed by atoms with van der Waals surface area (Å²) in [6, 6.07) is 5.27. The molecule has 4 heteroatoms. The quantitative estimate of drug-likeness (QED) is 0.506. The Morgan fingerprint density at radius 2 is 1.82 bits per heavy atom. The summed E-state index contributed by atoms with van der Waals surface area (Å²) < 4.78 is 0. The smallest absolute Gasteiger partial charge is 0.121 e. The highest BCUT2D eigenvalue weighted by atomic mass is 35.5. The van der Waals surface area contributed by atoms with E-state index in [9.17, 15) is 0 Å². The molecule has 0 aromatic heterocycles. The minimum absolute atomic E-state index is 0. The first-order valence-electron chi connectivity index (χ1n) is 2.74. The van der Waals surface area contributed by atoms with Gasteiger partial charge in [-0.25, -0.2) is 0 Å². The van der Waals surface area contributed by atoms with Gasteiger partial charge in [0.25, 0.3) is 0 Å².